The highest BCUT2D eigenvalue weighted by Crippen LogP contribution is 2.23. The van der Waals surface area contributed by atoms with E-state index < -0.39 is 5.97 Å². The summed E-state index contributed by atoms with van der Waals surface area (Å²) in [4.78, 5) is 23.3. The van der Waals surface area contributed by atoms with Gasteiger partial charge in [0.15, 0.2) is 0 Å². The van der Waals surface area contributed by atoms with Gasteiger partial charge < -0.3 is 4.74 Å². The number of hydrogen-bond donors (Lipinski definition) is 0. The summed E-state index contributed by atoms with van der Waals surface area (Å²) < 4.78 is 6.32. The number of rotatable bonds is 3. The number of aromatic nitrogens is 1. The van der Waals surface area contributed by atoms with E-state index in [2.05, 4.69) is 0 Å². The first-order valence-electron chi connectivity index (χ1n) is 6.48. The lowest BCUT2D eigenvalue weighted by atomic mass is 10.1. The largest absolute Gasteiger partial charge is 0.462 e. The van der Waals surface area contributed by atoms with Crippen molar-refractivity contribution in [3.05, 3.63) is 41.6 Å². The Labute approximate surface area is 122 Å². The number of hydrogen-bond acceptors (Lipinski definition) is 4. The predicted octanol–water partition coefficient (Wildman–Crippen LogP) is 2.77. The number of carbonyl (C=O) groups is 2. The molecule has 0 spiro atoms. The highest BCUT2D eigenvalue weighted by atomic mass is 16.5. The molecule has 1 heterocycles. The molecular weight excluding hydrogens is 268 g/mol. The fourth-order valence-electron chi connectivity index (χ4n) is 2.08. The van der Waals surface area contributed by atoms with Gasteiger partial charge in [0.25, 0.3) is 0 Å². The number of nitrogens with zero attached hydrogens (tertiary/aromatic N) is 2. The molecule has 1 aromatic carbocycles. The maximum atomic E-state index is 11.7. The lowest BCUT2D eigenvalue weighted by molar-refractivity contribution is -0.137. The number of carbonyl (C=O) groups excluding carboxylic acids is 2. The van der Waals surface area contributed by atoms with Crippen molar-refractivity contribution in [2.75, 3.05) is 6.61 Å². The molecule has 0 radical (unpaired) electrons. The van der Waals surface area contributed by atoms with Crippen LogP contribution in [0, 0.1) is 11.3 Å². The lowest BCUT2D eigenvalue weighted by Gasteiger charge is -1.98. The van der Waals surface area contributed by atoms with Crippen LogP contribution in [0.3, 0.4) is 0 Å². The number of benzene rings is 1. The first-order valence-corrected chi connectivity index (χ1v) is 6.48. The van der Waals surface area contributed by atoms with Gasteiger partial charge in [-0.1, -0.05) is 18.2 Å². The van der Waals surface area contributed by atoms with Gasteiger partial charge in [0.05, 0.1) is 12.1 Å². The van der Waals surface area contributed by atoms with E-state index >= 15 is 0 Å². The van der Waals surface area contributed by atoms with Crippen LogP contribution in [0.1, 0.15) is 24.2 Å². The average Bonchev–Trinajstić information content (AvgIpc) is 2.84. The zero-order chi connectivity index (χ0) is 15.4. The van der Waals surface area contributed by atoms with Gasteiger partial charge in [0.2, 0.25) is 5.91 Å². The minimum Gasteiger partial charge on any atom is -0.462 e. The van der Waals surface area contributed by atoms with Crippen LogP contribution in [-0.2, 0) is 9.53 Å². The Bertz CT molecular complexity index is 778. The number of ether oxygens (including phenoxy) is 1. The fraction of sp³-hybridized carbons (Fsp3) is 0.188. The molecule has 1 aromatic heterocycles. The summed E-state index contributed by atoms with van der Waals surface area (Å²) in [6, 6.07) is 9.13. The molecule has 0 atom stereocenters. The second-order valence-corrected chi connectivity index (χ2v) is 4.38. The minimum absolute atomic E-state index is 0.0942. The number of esters is 1. The van der Waals surface area contributed by atoms with E-state index in [1.165, 1.54) is 17.6 Å². The highest BCUT2D eigenvalue weighted by Gasteiger charge is 2.14. The van der Waals surface area contributed by atoms with Crippen LogP contribution in [0.15, 0.2) is 36.0 Å². The van der Waals surface area contributed by atoms with E-state index in [0.29, 0.717) is 5.56 Å². The van der Waals surface area contributed by atoms with Gasteiger partial charge >= 0.3 is 5.97 Å². The molecule has 0 saturated carbocycles. The summed E-state index contributed by atoms with van der Waals surface area (Å²) in [5.74, 6) is -0.805. The quantitative estimate of drug-likeness (QED) is 0.493. The molecule has 5 heteroatoms. The molecule has 0 unspecified atom stereocenters. The van der Waals surface area contributed by atoms with Crippen molar-refractivity contribution >= 4 is 28.9 Å². The van der Waals surface area contributed by atoms with Crippen molar-refractivity contribution in [3.8, 4) is 6.07 Å². The Balaban J connectivity index is 2.59. The normalized spacial score (nSPS) is 11.2. The average molecular weight is 282 g/mol. The zero-order valence-electron chi connectivity index (χ0n) is 11.8. The standard InChI is InChI=1S/C16H14N2O3/c1-3-21-16(20)12(9-17)8-13-10-18(11(2)19)15-7-5-4-6-14(13)15/h4-8,10H,3H2,1-2H3/b12-8+. The first-order chi connectivity index (χ1) is 10.1. The van der Waals surface area contributed by atoms with Crippen molar-refractivity contribution in [3.63, 3.8) is 0 Å². The van der Waals surface area contributed by atoms with Crippen LogP contribution in [-0.4, -0.2) is 23.1 Å². The molecule has 0 aliphatic rings. The molecule has 0 bridgehead atoms. The van der Waals surface area contributed by atoms with Crippen LogP contribution >= 0.6 is 0 Å². The van der Waals surface area contributed by atoms with Crippen LogP contribution in [0.4, 0.5) is 0 Å². The zero-order valence-corrected chi connectivity index (χ0v) is 11.8. The van der Waals surface area contributed by atoms with Crippen LogP contribution in [0.5, 0.6) is 0 Å². The van der Waals surface area contributed by atoms with Crippen LogP contribution < -0.4 is 0 Å². The van der Waals surface area contributed by atoms with E-state index in [4.69, 9.17) is 10.00 Å². The molecule has 21 heavy (non-hydrogen) atoms. The maximum Gasteiger partial charge on any atom is 0.348 e. The molecule has 5 nitrogen and oxygen atoms in total. The van der Waals surface area contributed by atoms with Crippen molar-refractivity contribution in [2.45, 2.75) is 13.8 Å². The fourth-order valence-corrected chi connectivity index (χ4v) is 2.08. The van der Waals surface area contributed by atoms with E-state index in [0.717, 1.165) is 10.9 Å². The molecule has 0 fully saturated rings. The third-order valence-electron chi connectivity index (χ3n) is 3.00. The summed E-state index contributed by atoms with van der Waals surface area (Å²) in [6.07, 6.45) is 3.06. The first kappa shape index (κ1) is 14.5. The lowest BCUT2D eigenvalue weighted by Crippen LogP contribution is -2.06. The Morgan fingerprint density at radius 2 is 2.10 bits per heavy atom. The van der Waals surface area contributed by atoms with Crippen molar-refractivity contribution < 1.29 is 14.3 Å². The van der Waals surface area contributed by atoms with Crippen molar-refractivity contribution in [1.82, 2.24) is 4.57 Å². The number of para-hydroxylation sites is 1. The number of nitriles is 1. The van der Waals surface area contributed by atoms with E-state index in [1.807, 2.05) is 30.3 Å². The van der Waals surface area contributed by atoms with E-state index in [-0.39, 0.29) is 18.1 Å². The summed E-state index contributed by atoms with van der Waals surface area (Å²) >= 11 is 0. The summed E-state index contributed by atoms with van der Waals surface area (Å²) in [7, 11) is 0. The van der Waals surface area contributed by atoms with Gasteiger partial charge in [0, 0.05) is 24.1 Å². The molecule has 0 amide bonds. The molecule has 0 aliphatic heterocycles. The monoisotopic (exact) mass is 282 g/mol. The SMILES string of the molecule is CCOC(=O)/C(C#N)=C/c1cn(C(C)=O)c2ccccc12. The third-order valence-corrected chi connectivity index (χ3v) is 3.00. The molecule has 106 valence electrons. The summed E-state index contributed by atoms with van der Waals surface area (Å²) in [5.41, 5.74) is 1.27. The molecule has 0 saturated heterocycles. The maximum absolute atomic E-state index is 11.7. The Kier molecular flexibility index (Phi) is 4.19. The predicted molar refractivity (Wildman–Crippen MR) is 78.5 cm³/mol. The van der Waals surface area contributed by atoms with Gasteiger partial charge in [0.1, 0.15) is 11.6 Å². The Morgan fingerprint density at radius 1 is 1.38 bits per heavy atom. The van der Waals surface area contributed by atoms with Crippen molar-refractivity contribution in [1.29, 1.82) is 5.26 Å². The summed E-state index contributed by atoms with van der Waals surface area (Å²) in [5, 5.41) is 9.88. The topological polar surface area (TPSA) is 72.1 Å². The smallest absolute Gasteiger partial charge is 0.348 e. The second kappa shape index (κ2) is 6.06. The second-order valence-electron chi connectivity index (χ2n) is 4.38. The van der Waals surface area contributed by atoms with Gasteiger partial charge in [-0.15, -0.1) is 0 Å². The van der Waals surface area contributed by atoms with Gasteiger partial charge in [-0.25, -0.2) is 4.79 Å². The Morgan fingerprint density at radius 3 is 2.71 bits per heavy atom. The van der Waals surface area contributed by atoms with E-state index in [9.17, 15) is 9.59 Å². The molecular formula is C16H14N2O3. The van der Waals surface area contributed by atoms with E-state index in [1.54, 1.807) is 13.1 Å². The summed E-state index contributed by atoms with van der Waals surface area (Å²) in [6.45, 7) is 3.33. The highest BCUT2D eigenvalue weighted by molar-refractivity contribution is 6.03. The third kappa shape index (κ3) is 2.84. The number of fused-ring (bicyclic) bond motifs is 1. The molecule has 0 aliphatic carbocycles. The van der Waals surface area contributed by atoms with Crippen molar-refractivity contribution in [2.24, 2.45) is 0 Å². The molecule has 2 aromatic rings. The van der Waals surface area contributed by atoms with Gasteiger partial charge in [-0.3, -0.25) is 9.36 Å². The molecule has 2 rings (SSSR count). The Hall–Kier alpha value is -2.87. The van der Waals surface area contributed by atoms with Gasteiger partial charge in [-0.2, -0.15) is 5.26 Å². The molecule has 0 N–H and O–H groups in total. The van der Waals surface area contributed by atoms with Gasteiger partial charge in [-0.05, 0) is 19.1 Å². The minimum atomic E-state index is -0.667. The van der Waals surface area contributed by atoms with Crippen LogP contribution in [0.2, 0.25) is 0 Å². The van der Waals surface area contributed by atoms with Crippen LogP contribution in [0.25, 0.3) is 17.0 Å².